The molecule has 254 valence electrons. The van der Waals surface area contributed by atoms with E-state index in [1.165, 1.54) is 17.7 Å². The molecule has 1 unspecified atom stereocenters. The SMILES string of the molecule is CCOC(=O)C(C(=O)NC(=O)c1nc([C@@H](NC(=O)OCc2ccccc2)C(C)C)oc1C)c1cn(C(=O)OC(C)(C)C)c2ccccc12. The monoisotopic (exact) mass is 660 g/mol. The molecule has 3 amide bonds. The summed E-state index contributed by atoms with van der Waals surface area (Å²) in [5.41, 5.74) is 0.299. The number of hydrogen-bond donors (Lipinski definition) is 2. The van der Waals surface area contributed by atoms with E-state index in [1.807, 2.05) is 44.2 Å². The van der Waals surface area contributed by atoms with Crippen LogP contribution in [0.1, 0.15) is 86.8 Å². The fourth-order valence-electron chi connectivity index (χ4n) is 4.91. The van der Waals surface area contributed by atoms with E-state index in [4.69, 9.17) is 18.6 Å². The van der Waals surface area contributed by atoms with Crippen LogP contribution in [0.5, 0.6) is 0 Å². The van der Waals surface area contributed by atoms with Gasteiger partial charge in [0.15, 0.2) is 11.6 Å². The highest BCUT2D eigenvalue weighted by molar-refractivity contribution is 6.14. The predicted octanol–water partition coefficient (Wildman–Crippen LogP) is 5.95. The summed E-state index contributed by atoms with van der Waals surface area (Å²) >= 11 is 0. The van der Waals surface area contributed by atoms with Crippen LogP contribution in [0.4, 0.5) is 9.59 Å². The van der Waals surface area contributed by atoms with E-state index in [0.29, 0.717) is 10.9 Å². The molecule has 0 spiro atoms. The smallest absolute Gasteiger partial charge is 0.419 e. The summed E-state index contributed by atoms with van der Waals surface area (Å²) in [5, 5.41) is 5.37. The van der Waals surface area contributed by atoms with Gasteiger partial charge in [0.2, 0.25) is 11.8 Å². The Balaban J connectivity index is 1.58. The molecule has 13 heteroatoms. The maximum Gasteiger partial charge on any atom is 0.419 e. The van der Waals surface area contributed by atoms with Gasteiger partial charge < -0.3 is 23.9 Å². The zero-order valence-electron chi connectivity index (χ0n) is 28.0. The summed E-state index contributed by atoms with van der Waals surface area (Å²) in [6.45, 7) is 11.9. The summed E-state index contributed by atoms with van der Waals surface area (Å²) < 4.78 is 23.0. The number of ether oxygens (including phenoxy) is 3. The normalized spacial score (nSPS) is 12.7. The van der Waals surface area contributed by atoms with Crippen LogP contribution in [0, 0.1) is 12.8 Å². The van der Waals surface area contributed by atoms with Crippen LogP contribution >= 0.6 is 0 Å². The van der Waals surface area contributed by atoms with Crippen molar-refractivity contribution in [2.45, 2.75) is 72.6 Å². The molecule has 2 aromatic heterocycles. The number of nitrogens with zero attached hydrogens (tertiary/aromatic N) is 2. The Kier molecular flexibility index (Phi) is 11.0. The van der Waals surface area contributed by atoms with Gasteiger partial charge >= 0.3 is 18.2 Å². The molecule has 2 N–H and O–H groups in total. The number of carbonyl (C=O) groups is 5. The Hall–Kier alpha value is -5.46. The number of esters is 1. The lowest BCUT2D eigenvalue weighted by Crippen LogP contribution is -2.39. The van der Waals surface area contributed by atoms with Gasteiger partial charge in [-0.2, -0.15) is 0 Å². The van der Waals surface area contributed by atoms with Crippen molar-refractivity contribution in [1.29, 1.82) is 0 Å². The minimum atomic E-state index is -1.63. The molecule has 0 radical (unpaired) electrons. The Bertz CT molecular complexity index is 1800. The summed E-state index contributed by atoms with van der Waals surface area (Å²) in [6.07, 6.45) is -0.0935. The fourth-order valence-corrected chi connectivity index (χ4v) is 4.91. The van der Waals surface area contributed by atoms with Gasteiger partial charge in [-0.1, -0.05) is 62.4 Å². The van der Waals surface area contributed by atoms with Crippen molar-refractivity contribution in [3.8, 4) is 0 Å². The third kappa shape index (κ3) is 8.46. The van der Waals surface area contributed by atoms with Crippen molar-refractivity contribution in [3.05, 3.63) is 89.3 Å². The minimum absolute atomic E-state index is 0.0270. The van der Waals surface area contributed by atoms with Crippen molar-refractivity contribution in [1.82, 2.24) is 20.2 Å². The Morgan fingerprint density at radius 1 is 0.958 bits per heavy atom. The lowest BCUT2D eigenvalue weighted by molar-refractivity contribution is -0.148. The summed E-state index contributed by atoms with van der Waals surface area (Å²) in [6, 6.07) is 15.1. The van der Waals surface area contributed by atoms with Gasteiger partial charge in [0.05, 0.1) is 12.1 Å². The third-order valence-corrected chi connectivity index (χ3v) is 7.11. The maximum absolute atomic E-state index is 13.7. The minimum Gasteiger partial charge on any atom is -0.465 e. The van der Waals surface area contributed by atoms with Crippen LogP contribution in [0.25, 0.3) is 10.9 Å². The quantitative estimate of drug-likeness (QED) is 0.118. The fraction of sp³-hybridized carbons (Fsp3) is 0.371. The van der Waals surface area contributed by atoms with Crippen LogP contribution in [-0.4, -0.2) is 51.7 Å². The maximum atomic E-state index is 13.7. The number of imide groups is 1. The molecule has 0 saturated carbocycles. The van der Waals surface area contributed by atoms with E-state index in [9.17, 15) is 24.0 Å². The molecule has 0 saturated heterocycles. The first kappa shape index (κ1) is 35.4. The Morgan fingerprint density at radius 3 is 2.27 bits per heavy atom. The number of para-hydroxylation sites is 1. The number of fused-ring (bicyclic) bond motifs is 1. The molecule has 0 fully saturated rings. The summed E-state index contributed by atoms with van der Waals surface area (Å²) in [5.74, 6) is -4.61. The van der Waals surface area contributed by atoms with E-state index in [0.717, 1.165) is 5.56 Å². The Labute approximate surface area is 277 Å². The number of aromatic nitrogens is 2. The molecule has 2 heterocycles. The lowest BCUT2D eigenvalue weighted by Gasteiger charge is -2.19. The third-order valence-electron chi connectivity index (χ3n) is 7.11. The second-order valence-electron chi connectivity index (χ2n) is 12.3. The molecule has 48 heavy (non-hydrogen) atoms. The number of aryl methyl sites for hydroxylation is 1. The molecule has 0 aliphatic carbocycles. The molecule has 0 aliphatic rings. The largest absolute Gasteiger partial charge is 0.465 e. The number of alkyl carbamates (subject to hydrolysis) is 1. The van der Waals surface area contributed by atoms with Gasteiger partial charge in [0.1, 0.15) is 24.0 Å². The van der Waals surface area contributed by atoms with Gasteiger partial charge in [-0.3, -0.25) is 24.3 Å². The van der Waals surface area contributed by atoms with Crippen molar-refractivity contribution in [3.63, 3.8) is 0 Å². The average Bonchev–Trinajstić information content (AvgIpc) is 3.59. The second kappa shape index (κ2) is 15.0. The van der Waals surface area contributed by atoms with E-state index < -0.39 is 47.5 Å². The first-order valence-corrected chi connectivity index (χ1v) is 15.5. The second-order valence-corrected chi connectivity index (χ2v) is 12.3. The van der Waals surface area contributed by atoms with Gasteiger partial charge in [-0.25, -0.2) is 14.6 Å². The van der Waals surface area contributed by atoms with Crippen molar-refractivity contribution < 1.29 is 42.6 Å². The first-order chi connectivity index (χ1) is 22.7. The average molecular weight is 661 g/mol. The van der Waals surface area contributed by atoms with Crippen molar-refractivity contribution in [2.75, 3.05) is 6.61 Å². The summed E-state index contributed by atoms with van der Waals surface area (Å²) in [7, 11) is 0. The molecule has 2 aromatic carbocycles. The topological polar surface area (TPSA) is 168 Å². The number of oxazole rings is 1. The van der Waals surface area contributed by atoms with Gasteiger partial charge in [-0.15, -0.1) is 0 Å². The van der Waals surface area contributed by atoms with Crippen molar-refractivity contribution in [2.24, 2.45) is 5.92 Å². The van der Waals surface area contributed by atoms with Crippen LogP contribution in [0.2, 0.25) is 0 Å². The molecule has 4 rings (SSSR count). The molecule has 0 bridgehead atoms. The lowest BCUT2D eigenvalue weighted by atomic mass is 9.97. The zero-order chi connectivity index (χ0) is 35.2. The Morgan fingerprint density at radius 2 is 1.62 bits per heavy atom. The molecular formula is C35H40N4O9. The van der Waals surface area contributed by atoms with Gasteiger partial charge in [0, 0.05) is 17.1 Å². The van der Waals surface area contributed by atoms with Crippen LogP contribution in [0.15, 0.2) is 65.2 Å². The number of amides is 3. The zero-order valence-corrected chi connectivity index (χ0v) is 28.0. The highest BCUT2D eigenvalue weighted by Crippen LogP contribution is 2.31. The molecule has 13 nitrogen and oxygen atoms in total. The predicted molar refractivity (Wildman–Crippen MR) is 174 cm³/mol. The first-order valence-electron chi connectivity index (χ1n) is 15.5. The number of carbonyl (C=O) groups excluding carboxylic acids is 5. The molecular weight excluding hydrogens is 620 g/mol. The van der Waals surface area contributed by atoms with E-state index in [1.54, 1.807) is 52.0 Å². The number of benzene rings is 2. The number of nitrogens with one attached hydrogen (secondary N) is 2. The van der Waals surface area contributed by atoms with E-state index in [-0.39, 0.29) is 42.0 Å². The molecule has 0 aliphatic heterocycles. The standard InChI is InChI=1S/C35H40N4O9/c1-8-45-32(42)26(24-18-39(34(44)48-35(5,6)7)25-17-13-12-16-23(24)25)29(40)38-30(41)28-21(4)47-31(36-28)27(20(2)3)37-33(43)46-19-22-14-10-9-11-15-22/h9-18,20,26-27H,8,19H2,1-7H3,(H,37,43)(H,38,40,41)/t26?,27-/m0/s1. The number of rotatable bonds is 10. The number of hydrogen-bond acceptors (Lipinski definition) is 10. The van der Waals surface area contributed by atoms with E-state index in [2.05, 4.69) is 15.6 Å². The highest BCUT2D eigenvalue weighted by Gasteiger charge is 2.36. The summed E-state index contributed by atoms with van der Waals surface area (Å²) in [4.78, 5) is 70.3. The van der Waals surface area contributed by atoms with Crippen molar-refractivity contribution >= 4 is 40.9 Å². The van der Waals surface area contributed by atoms with Crippen LogP contribution in [-0.2, 0) is 30.4 Å². The molecule has 4 aromatic rings. The highest BCUT2D eigenvalue weighted by atomic mass is 16.6. The van der Waals surface area contributed by atoms with Gasteiger partial charge in [0.25, 0.3) is 5.91 Å². The molecule has 2 atom stereocenters. The van der Waals surface area contributed by atoms with Crippen LogP contribution in [0.3, 0.4) is 0 Å². The van der Waals surface area contributed by atoms with E-state index >= 15 is 0 Å². The van der Waals surface area contributed by atoms with Gasteiger partial charge in [-0.05, 0) is 52.2 Å². The van der Waals surface area contributed by atoms with Crippen LogP contribution < -0.4 is 10.6 Å².